The molecule has 0 saturated heterocycles. The highest BCUT2D eigenvalue weighted by Crippen LogP contribution is 2.15. The molecule has 1 heterocycles. The lowest BCUT2D eigenvalue weighted by atomic mass is 10.2. The zero-order chi connectivity index (χ0) is 19.7. The summed E-state index contributed by atoms with van der Waals surface area (Å²) in [7, 11) is 0. The lowest BCUT2D eigenvalue weighted by Gasteiger charge is -2.20. The van der Waals surface area contributed by atoms with Crippen molar-refractivity contribution in [1.29, 1.82) is 0 Å². The fourth-order valence-electron chi connectivity index (χ4n) is 3.17. The molecule has 1 unspecified atom stereocenters. The van der Waals surface area contributed by atoms with Gasteiger partial charge in [0.05, 0.1) is 16.6 Å². The van der Waals surface area contributed by atoms with Gasteiger partial charge in [0.15, 0.2) is 0 Å². The fourth-order valence-corrected chi connectivity index (χ4v) is 3.17. The van der Waals surface area contributed by atoms with Crippen molar-refractivity contribution < 1.29 is 4.79 Å². The van der Waals surface area contributed by atoms with E-state index < -0.39 is 17.3 Å². The summed E-state index contributed by atoms with van der Waals surface area (Å²) < 4.78 is 2.52. The van der Waals surface area contributed by atoms with Gasteiger partial charge in [-0.25, -0.2) is 9.36 Å². The minimum atomic E-state index is -0.763. The van der Waals surface area contributed by atoms with Crippen LogP contribution in [0.15, 0.2) is 58.1 Å². The van der Waals surface area contributed by atoms with Crippen molar-refractivity contribution in [2.24, 2.45) is 0 Å². The molecule has 0 radical (unpaired) electrons. The standard InChI is InChI=1S/C21H23N3O3/c1-13(2)22-19(25)15(4)23-18-11-6-5-10-17(18)20(26)24(21(23)27)16-9-7-8-14(3)12-16/h5-13,15H,1-4H3,(H,22,25). The Morgan fingerprint density at radius 3 is 2.37 bits per heavy atom. The van der Waals surface area contributed by atoms with Gasteiger partial charge in [0.25, 0.3) is 5.56 Å². The minimum Gasteiger partial charge on any atom is -0.352 e. The SMILES string of the molecule is Cc1cccc(-n2c(=O)c3ccccc3n(C(C)C(=O)NC(C)C)c2=O)c1. The van der Waals surface area contributed by atoms with Gasteiger partial charge in [-0.3, -0.25) is 14.2 Å². The lowest BCUT2D eigenvalue weighted by molar-refractivity contribution is -0.124. The van der Waals surface area contributed by atoms with Crippen molar-refractivity contribution >= 4 is 16.8 Å². The Morgan fingerprint density at radius 1 is 1.00 bits per heavy atom. The number of hydrogen-bond acceptors (Lipinski definition) is 3. The molecule has 6 nitrogen and oxygen atoms in total. The molecule has 1 amide bonds. The van der Waals surface area contributed by atoms with Crippen LogP contribution in [0.5, 0.6) is 0 Å². The molecule has 0 aliphatic carbocycles. The highest BCUT2D eigenvalue weighted by molar-refractivity contribution is 5.84. The Labute approximate surface area is 157 Å². The van der Waals surface area contributed by atoms with Crippen LogP contribution in [0, 0.1) is 6.92 Å². The van der Waals surface area contributed by atoms with Gasteiger partial charge in [-0.1, -0.05) is 24.3 Å². The molecule has 3 aromatic rings. The van der Waals surface area contributed by atoms with E-state index in [-0.39, 0.29) is 11.9 Å². The predicted molar refractivity (Wildman–Crippen MR) is 107 cm³/mol. The smallest absolute Gasteiger partial charge is 0.336 e. The number of carbonyl (C=O) groups excluding carboxylic acids is 1. The number of carbonyl (C=O) groups is 1. The molecule has 1 aromatic heterocycles. The van der Waals surface area contributed by atoms with Crippen molar-refractivity contribution in [2.45, 2.75) is 39.8 Å². The molecule has 27 heavy (non-hydrogen) atoms. The van der Waals surface area contributed by atoms with Gasteiger partial charge >= 0.3 is 5.69 Å². The van der Waals surface area contributed by atoms with E-state index in [1.54, 1.807) is 49.4 Å². The number of nitrogens with one attached hydrogen (secondary N) is 1. The molecular formula is C21H23N3O3. The number of hydrogen-bond donors (Lipinski definition) is 1. The average molecular weight is 365 g/mol. The molecule has 0 fully saturated rings. The van der Waals surface area contributed by atoms with Crippen LogP contribution in [0.2, 0.25) is 0 Å². The quantitative estimate of drug-likeness (QED) is 0.772. The number of rotatable bonds is 4. The van der Waals surface area contributed by atoms with Crippen LogP contribution in [0.4, 0.5) is 0 Å². The molecule has 0 bridgehead atoms. The Balaban J connectivity index is 2.35. The molecule has 0 saturated carbocycles. The van der Waals surface area contributed by atoms with Crippen molar-refractivity contribution in [2.75, 3.05) is 0 Å². The first-order valence-corrected chi connectivity index (χ1v) is 8.95. The predicted octanol–water partition coefficient (Wildman–Crippen LogP) is 2.55. The second-order valence-corrected chi connectivity index (χ2v) is 6.99. The normalized spacial score (nSPS) is 12.3. The molecule has 1 atom stereocenters. The summed E-state index contributed by atoms with van der Waals surface area (Å²) in [4.78, 5) is 38.9. The largest absolute Gasteiger partial charge is 0.352 e. The molecule has 6 heteroatoms. The van der Waals surface area contributed by atoms with E-state index in [4.69, 9.17) is 0 Å². The summed E-state index contributed by atoms with van der Waals surface area (Å²) in [6, 6.07) is 13.2. The number of para-hydroxylation sites is 1. The van der Waals surface area contributed by atoms with Crippen molar-refractivity contribution in [1.82, 2.24) is 14.5 Å². The van der Waals surface area contributed by atoms with E-state index in [1.165, 1.54) is 4.57 Å². The fraction of sp³-hybridized carbons (Fsp3) is 0.286. The second kappa shape index (κ2) is 7.23. The zero-order valence-corrected chi connectivity index (χ0v) is 15.9. The maximum absolute atomic E-state index is 13.3. The molecule has 1 N–H and O–H groups in total. The van der Waals surface area contributed by atoms with Gasteiger partial charge in [-0.05, 0) is 57.5 Å². The Morgan fingerprint density at radius 2 is 1.70 bits per heavy atom. The number of aryl methyl sites for hydroxylation is 1. The highest BCUT2D eigenvalue weighted by Gasteiger charge is 2.22. The number of fused-ring (bicyclic) bond motifs is 1. The van der Waals surface area contributed by atoms with Gasteiger partial charge in [0.1, 0.15) is 6.04 Å². The average Bonchev–Trinajstić information content (AvgIpc) is 2.61. The first-order chi connectivity index (χ1) is 12.8. The van der Waals surface area contributed by atoms with Crippen LogP contribution >= 0.6 is 0 Å². The van der Waals surface area contributed by atoms with Crippen molar-refractivity contribution in [3.63, 3.8) is 0 Å². The van der Waals surface area contributed by atoms with Gasteiger partial charge in [-0.15, -0.1) is 0 Å². The molecule has 2 aromatic carbocycles. The first kappa shape index (κ1) is 18.6. The monoisotopic (exact) mass is 365 g/mol. The molecule has 0 aliphatic heterocycles. The molecular weight excluding hydrogens is 342 g/mol. The van der Waals surface area contributed by atoms with Crippen LogP contribution in [-0.2, 0) is 4.79 Å². The summed E-state index contributed by atoms with van der Waals surface area (Å²) >= 11 is 0. The number of aromatic nitrogens is 2. The van der Waals surface area contributed by atoms with Gasteiger partial charge < -0.3 is 5.32 Å². The number of benzene rings is 2. The van der Waals surface area contributed by atoms with E-state index in [1.807, 2.05) is 26.8 Å². The summed E-state index contributed by atoms with van der Waals surface area (Å²) in [5.41, 5.74) is 0.942. The van der Waals surface area contributed by atoms with Crippen LogP contribution in [0.3, 0.4) is 0 Å². The zero-order valence-electron chi connectivity index (χ0n) is 15.9. The summed E-state index contributed by atoms with van der Waals surface area (Å²) in [5.74, 6) is -0.272. The van der Waals surface area contributed by atoms with Crippen LogP contribution < -0.4 is 16.6 Å². The topological polar surface area (TPSA) is 73.1 Å². The Bertz CT molecular complexity index is 1130. The van der Waals surface area contributed by atoms with Gasteiger partial charge in [0, 0.05) is 6.04 Å². The summed E-state index contributed by atoms with van der Waals surface area (Å²) in [5, 5.41) is 3.22. The van der Waals surface area contributed by atoms with Gasteiger partial charge in [0.2, 0.25) is 5.91 Å². The number of amides is 1. The summed E-state index contributed by atoms with van der Waals surface area (Å²) in [6.45, 7) is 7.28. The molecule has 0 aliphatic rings. The summed E-state index contributed by atoms with van der Waals surface area (Å²) in [6.07, 6.45) is 0. The molecule has 3 rings (SSSR count). The molecule has 0 spiro atoms. The van der Waals surface area contributed by atoms with Crippen molar-refractivity contribution in [3.8, 4) is 5.69 Å². The maximum atomic E-state index is 13.3. The Kier molecular flexibility index (Phi) is 4.99. The third-order valence-electron chi connectivity index (χ3n) is 4.45. The minimum absolute atomic E-state index is 0.0513. The second-order valence-electron chi connectivity index (χ2n) is 6.99. The maximum Gasteiger partial charge on any atom is 0.336 e. The van der Waals surface area contributed by atoms with E-state index in [9.17, 15) is 14.4 Å². The molecule has 140 valence electrons. The number of nitrogens with zero attached hydrogens (tertiary/aromatic N) is 2. The van der Waals surface area contributed by atoms with Crippen LogP contribution in [-0.4, -0.2) is 21.1 Å². The van der Waals surface area contributed by atoms with E-state index in [0.29, 0.717) is 16.6 Å². The third kappa shape index (κ3) is 3.43. The highest BCUT2D eigenvalue weighted by atomic mass is 16.2. The van der Waals surface area contributed by atoms with Crippen LogP contribution in [0.1, 0.15) is 32.4 Å². The van der Waals surface area contributed by atoms with E-state index in [0.717, 1.165) is 10.1 Å². The van der Waals surface area contributed by atoms with E-state index in [2.05, 4.69) is 5.32 Å². The van der Waals surface area contributed by atoms with E-state index >= 15 is 0 Å². The van der Waals surface area contributed by atoms with Crippen molar-refractivity contribution in [3.05, 3.63) is 74.9 Å². The Hall–Kier alpha value is -3.15. The lowest BCUT2D eigenvalue weighted by Crippen LogP contribution is -2.44. The van der Waals surface area contributed by atoms with Crippen LogP contribution in [0.25, 0.3) is 16.6 Å². The third-order valence-corrected chi connectivity index (χ3v) is 4.45. The van der Waals surface area contributed by atoms with Gasteiger partial charge in [-0.2, -0.15) is 0 Å². The first-order valence-electron chi connectivity index (χ1n) is 8.95.